The largest absolute Gasteiger partial charge is 0.497 e. The number of hydrogen-bond acceptors (Lipinski definition) is 3. The van der Waals surface area contributed by atoms with E-state index >= 15 is 0 Å². The molecule has 2 aliphatic rings. The summed E-state index contributed by atoms with van der Waals surface area (Å²) in [5, 5.41) is 5.27. The Balaban J connectivity index is 1.02. The molecule has 0 radical (unpaired) electrons. The maximum atomic E-state index is 5.54. The number of hydrogen-bond donors (Lipinski definition) is 0. The van der Waals surface area contributed by atoms with E-state index in [0.717, 1.165) is 45.4 Å². The average Bonchev–Trinajstić information content (AvgIpc) is 2.39. The van der Waals surface area contributed by atoms with E-state index in [-0.39, 0.29) is 28.4 Å². The number of anilines is 3. The van der Waals surface area contributed by atoms with Crippen molar-refractivity contribution in [3.05, 3.63) is 203 Å². The van der Waals surface area contributed by atoms with E-state index in [4.69, 9.17) is 9.47 Å². The average molecular weight is 1020 g/mol. The van der Waals surface area contributed by atoms with Crippen molar-refractivity contribution in [3.8, 4) is 34.0 Å². The van der Waals surface area contributed by atoms with Crippen LogP contribution in [0.25, 0.3) is 66.1 Å². The van der Waals surface area contributed by atoms with Crippen LogP contribution in [0.5, 0.6) is 11.5 Å². The number of aryl methyl sites for hydroxylation is 1. The molecule has 0 unspecified atom stereocenters. The molecule has 9 aromatic carbocycles. The summed E-state index contributed by atoms with van der Waals surface area (Å²) in [5.74, 6) is 1.64. The number of methoxy groups -OCH3 is 2. The second-order valence-corrected chi connectivity index (χ2v) is 25.9. The second kappa shape index (κ2) is 17.3. The van der Waals surface area contributed by atoms with Crippen LogP contribution in [0.4, 0.5) is 17.1 Å². The van der Waals surface area contributed by atoms with Crippen LogP contribution in [0, 0.1) is 6.92 Å². The molecule has 0 bridgehead atoms. The van der Waals surface area contributed by atoms with E-state index < -0.39 is 0 Å². The van der Waals surface area contributed by atoms with Crippen LogP contribution in [0.15, 0.2) is 170 Å². The van der Waals surface area contributed by atoms with Crippen molar-refractivity contribution in [3.63, 3.8) is 0 Å². The molecular weight excluding hydrogens is 950 g/mol. The van der Waals surface area contributed by atoms with Gasteiger partial charge in [-0.3, -0.25) is 0 Å². The van der Waals surface area contributed by atoms with Crippen LogP contribution in [0.1, 0.15) is 110 Å². The van der Waals surface area contributed by atoms with E-state index in [0.29, 0.717) is 0 Å². The van der Waals surface area contributed by atoms with Gasteiger partial charge in [-0.05, 0) is 194 Å². The molecule has 388 valence electrons. The first-order valence-corrected chi connectivity index (χ1v) is 27.8. The zero-order chi connectivity index (χ0) is 54.5. The molecule has 0 N–H and O–H groups in total. The van der Waals surface area contributed by atoms with Crippen LogP contribution in [0.2, 0.25) is 0 Å². The molecule has 2 aromatic heterocycles. The first kappa shape index (κ1) is 49.6. The van der Waals surface area contributed by atoms with Crippen LogP contribution in [-0.4, -0.2) is 30.1 Å². The third-order valence-corrected chi connectivity index (χ3v) is 17.5. The van der Waals surface area contributed by atoms with Gasteiger partial charge < -0.3 is 23.5 Å². The normalized spacial score (nSPS) is 13.8. The summed E-state index contributed by atoms with van der Waals surface area (Å²) in [7, 11) is 3.41. The minimum Gasteiger partial charge on any atom is -0.497 e. The molecule has 0 aliphatic carbocycles. The van der Waals surface area contributed by atoms with E-state index in [2.05, 4.69) is 243 Å². The van der Waals surface area contributed by atoms with Crippen molar-refractivity contribution in [1.29, 1.82) is 0 Å². The van der Waals surface area contributed by atoms with Gasteiger partial charge in [-0.15, -0.1) is 0 Å². The lowest BCUT2D eigenvalue weighted by molar-refractivity contribution is 0.415. The van der Waals surface area contributed by atoms with Gasteiger partial charge in [-0.2, -0.15) is 0 Å². The molecule has 5 nitrogen and oxygen atoms in total. The molecule has 6 heteroatoms. The summed E-state index contributed by atoms with van der Waals surface area (Å²) < 4.78 is 16.3. The standard InChI is InChI=1S/C72H70BN3O2/c1-43-34-60-67-66(35-43)76-64-33-21-47(70(5,6)7)38-56(64)58-39-48(71(8,9)10)40-62(68(58)76)73(67)61-41-57-55-37-46(69(2,3)4)20-32-63(55)75(65(57)42-59(61)72(60,11)12)52-17-15-16-45(36-52)44-18-22-49(23-19-44)74(50-24-28-53(77-13)29-25-50)51-26-30-54(78-14)31-27-51/h15-42H,1-14H3. The predicted molar refractivity (Wildman–Crippen MR) is 332 cm³/mol. The summed E-state index contributed by atoms with van der Waals surface area (Å²) in [4.78, 5) is 2.27. The van der Waals surface area contributed by atoms with Crippen molar-refractivity contribution in [2.24, 2.45) is 0 Å². The first-order valence-electron chi connectivity index (χ1n) is 27.8. The van der Waals surface area contributed by atoms with Crippen LogP contribution in [0.3, 0.4) is 0 Å². The maximum absolute atomic E-state index is 5.54. The Morgan fingerprint density at radius 1 is 0.449 bits per heavy atom. The monoisotopic (exact) mass is 1020 g/mol. The van der Waals surface area contributed by atoms with Crippen molar-refractivity contribution in [2.75, 3.05) is 19.1 Å². The lowest BCUT2D eigenvalue weighted by Gasteiger charge is -2.42. The van der Waals surface area contributed by atoms with E-state index in [1.165, 1.54) is 99.1 Å². The van der Waals surface area contributed by atoms with Crippen LogP contribution < -0.4 is 30.8 Å². The van der Waals surface area contributed by atoms with Crippen molar-refractivity contribution in [1.82, 2.24) is 9.13 Å². The van der Waals surface area contributed by atoms with Gasteiger partial charge in [0.2, 0.25) is 6.71 Å². The Morgan fingerprint density at radius 2 is 0.974 bits per heavy atom. The van der Waals surface area contributed by atoms with Gasteiger partial charge in [0.05, 0.1) is 30.8 Å². The van der Waals surface area contributed by atoms with Crippen molar-refractivity contribution in [2.45, 2.75) is 105 Å². The zero-order valence-corrected chi connectivity index (χ0v) is 47.9. The molecule has 0 atom stereocenters. The van der Waals surface area contributed by atoms with Gasteiger partial charge in [-0.25, -0.2) is 0 Å². The SMILES string of the molecule is COc1ccc(N(c2ccc(OC)cc2)c2ccc(-c3cccc(-n4c5ccc(C(C)(C)C)cc5c5cc6c(cc54)C(C)(C)c4cc(C)cc5c4B6c4cc(C(C)(C)C)cc6c7cc(C(C)(C)C)ccc7n-5c46)c3)cc2)cc1. The molecule has 11 aromatic rings. The summed E-state index contributed by atoms with van der Waals surface area (Å²) in [6.07, 6.45) is 0. The molecule has 0 saturated carbocycles. The Bertz CT molecular complexity index is 4200. The first-order chi connectivity index (χ1) is 37.1. The summed E-state index contributed by atoms with van der Waals surface area (Å²) in [6.45, 7) is 28.4. The Kier molecular flexibility index (Phi) is 11.0. The van der Waals surface area contributed by atoms with Crippen LogP contribution >= 0.6 is 0 Å². The van der Waals surface area contributed by atoms with Gasteiger partial charge in [0.25, 0.3) is 0 Å². The zero-order valence-electron chi connectivity index (χ0n) is 47.9. The topological polar surface area (TPSA) is 31.6 Å². The van der Waals surface area contributed by atoms with E-state index in [1.807, 2.05) is 24.3 Å². The second-order valence-electron chi connectivity index (χ2n) is 25.9. The lowest BCUT2D eigenvalue weighted by Crippen LogP contribution is -2.63. The molecule has 0 amide bonds. The smallest absolute Gasteiger partial charge is 0.247 e. The fourth-order valence-electron chi connectivity index (χ4n) is 13.1. The highest BCUT2D eigenvalue weighted by Crippen LogP contribution is 2.46. The number of benzene rings is 9. The lowest BCUT2D eigenvalue weighted by atomic mass is 9.30. The number of rotatable bonds is 7. The van der Waals surface area contributed by atoms with E-state index in [9.17, 15) is 0 Å². The van der Waals surface area contributed by atoms with Crippen molar-refractivity contribution < 1.29 is 9.47 Å². The van der Waals surface area contributed by atoms with Gasteiger partial charge in [0, 0.05) is 60.9 Å². The third-order valence-electron chi connectivity index (χ3n) is 17.5. The fraction of sp³-hybridized carbons (Fsp3) is 0.250. The van der Waals surface area contributed by atoms with Crippen molar-refractivity contribution >= 4 is 83.8 Å². The summed E-state index contributed by atoms with van der Waals surface area (Å²) in [6, 6.07) is 64.3. The minimum atomic E-state index is -0.302. The Labute approximate surface area is 461 Å². The predicted octanol–water partition coefficient (Wildman–Crippen LogP) is 16.7. The molecule has 13 rings (SSSR count). The van der Waals surface area contributed by atoms with Gasteiger partial charge in [0.15, 0.2) is 0 Å². The van der Waals surface area contributed by atoms with Gasteiger partial charge in [0.1, 0.15) is 11.5 Å². The maximum Gasteiger partial charge on any atom is 0.247 e. The third kappa shape index (κ3) is 7.64. The molecule has 0 spiro atoms. The highest BCUT2D eigenvalue weighted by atomic mass is 16.5. The number of ether oxygens (including phenoxy) is 2. The highest BCUT2D eigenvalue weighted by molar-refractivity contribution is 6.99. The van der Waals surface area contributed by atoms with E-state index in [1.54, 1.807) is 14.2 Å². The number of fused-ring (bicyclic) bond motifs is 10. The summed E-state index contributed by atoms with van der Waals surface area (Å²) >= 11 is 0. The Hall–Kier alpha value is -7.96. The molecule has 2 aliphatic heterocycles. The minimum absolute atomic E-state index is 0.0217. The molecule has 4 heterocycles. The number of nitrogens with zero attached hydrogens (tertiary/aromatic N) is 3. The fourth-order valence-corrected chi connectivity index (χ4v) is 13.1. The molecular formula is C72H70BN3O2. The van der Waals surface area contributed by atoms with Gasteiger partial charge >= 0.3 is 0 Å². The Morgan fingerprint density at radius 3 is 1.54 bits per heavy atom. The highest BCUT2D eigenvalue weighted by Gasteiger charge is 2.46. The summed E-state index contributed by atoms with van der Waals surface area (Å²) in [5.41, 5.74) is 25.1. The van der Waals surface area contributed by atoms with Crippen LogP contribution in [-0.2, 0) is 21.7 Å². The molecule has 0 fully saturated rings. The van der Waals surface area contributed by atoms with Gasteiger partial charge in [-0.1, -0.05) is 136 Å². The number of aromatic nitrogens is 2. The molecule has 78 heavy (non-hydrogen) atoms. The molecule has 0 saturated heterocycles. The quantitative estimate of drug-likeness (QED) is 0.149.